The second-order valence-corrected chi connectivity index (χ2v) is 12.2. The number of carbonyl (C=O) groups is 2. The molecule has 3 aromatic rings. The highest BCUT2D eigenvalue weighted by Gasteiger charge is 2.33. The van der Waals surface area contributed by atoms with E-state index in [-0.39, 0.29) is 24.6 Å². The van der Waals surface area contributed by atoms with E-state index in [1.54, 1.807) is 12.1 Å². The Bertz CT molecular complexity index is 1430. The van der Waals surface area contributed by atoms with Crippen LogP contribution < -0.4 is 14.4 Å². The summed E-state index contributed by atoms with van der Waals surface area (Å²) in [5.41, 5.74) is 3.84. The molecule has 41 heavy (non-hydrogen) atoms. The molecule has 0 saturated carbocycles. The van der Waals surface area contributed by atoms with Gasteiger partial charge in [0.2, 0.25) is 21.8 Å². The van der Waals surface area contributed by atoms with E-state index in [2.05, 4.69) is 5.32 Å². The van der Waals surface area contributed by atoms with Crippen molar-refractivity contribution in [2.45, 2.75) is 52.6 Å². The van der Waals surface area contributed by atoms with Crippen LogP contribution in [0, 0.1) is 13.8 Å². The molecular weight excluding hydrogens is 538 g/mol. The highest BCUT2D eigenvalue weighted by Crippen LogP contribution is 2.31. The number of nitrogens with one attached hydrogen (secondary N) is 1. The third-order valence-corrected chi connectivity index (χ3v) is 7.94. The molecule has 8 nitrogen and oxygen atoms in total. The topological polar surface area (TPSA) is 96.0 Å². The lowest BCUT2D eigenvalue weighted by Crippen LogP contribution is -2.53. The lowest BCUT2D eigenvalue weighted by molar-refractivity contribution is -0.140. The molecular formula is C32H41N3O5S. The Morgan fingerprint density at radius 3 is 2.24 bits per heavy atom. The summed E-state index contributed by atoms with van der Waals surface area (Å²) >= 11 is 0. The van der Waals surface area contributed by atoms with Gasteiger partial charge in [-0.3, -0.25) is 13.9 Å². The van der Waals surface area contributed by atoms with Crippen LogP contribution in [0.25, 0.3) is 0 Å². The van der Waals surface area contributed by atoms with Gasteiger partial charge in [0.15, 0.2) is 0 Å². The molecule has 0 aliphatic carbocycles. The Hall–Kier alpha value is -3.85. The number of carbonyl (C=O) groups excluding carboxylic acids is 2. The zero-order valence-electron chi connectivity index (χ0n) is 24.6. The van der Waals surface area contributed by atoms with Crippen LogP contribution in [-0.2, 0) is 32.6 Å². The number of nitrogens with zero attached hydrogens (tertiary/aromatic N) is 2. The van der Waals surface area contributed by atoms with E-state index in [0.29, 0.717) is 12.3 Å². The summed E-state index contributed by atoms with van der Waals surface area (Å²) < 4.78 is 32.6. The monoisotopic (exact) mass is 579 g/mol. The average molecular weight is 580 g/mol. The van der Waals surface area contributed by atoms with E-state index < -0.39 is 28.5 Å². The summed E-state index contributed by atoms with van der Waals surface area (Å²) in [7, 11) is -2.44. The third kappa shape index (κ3) is 9.08. The van der Waals surface area contributed by atoms with Crippen molar-refractivity contribution in [2.75, 3.05) is 30.8 Å². The third-order valence-electron chi connectivity index (χ3n) is 6.82. The number of hydrogen-bond donors (Lipinski definition) is 1. The minimum absolute atomic E-state index is 0.141. The van der Waals surface area contributed by atoms with E-state index in [0.717, 1.165) is 45.7 Å². The first-order valence-corrected chi connectivity index (χ1v) is 15.7. The standard InChI is InChI=1S/C32H41N3O5S/c1-6-7-18-33-32(37)29(21-26-13-9-8-10-14-26)34(22-27-15-11-12-24(2)19-27)31(36)23-35(41(5,38)39)28-20-25(3)16-17-30(28)40-4/h8-17,19-20,29H,6-7,18,21-23H2,1-5H3,(H,33,37)/t29-/m1/s1. The van der Waals surface area contributed by atoms with Gasteiger partial charge in [-0.15, -0.1) is 0 Å². The van der Waals surface area contributed by atoms with Crippen LogP contribution in [0.2, 0.25) is 0 Å². The Balaban J connectivity index is 2.08. The van der Waals surface area contributed by atoms with Crippen LogP contribution in [0.1, 0.15) is 42.0 Å². The average Bonchev–Trinajstić information content (AvgIpc) is 2.93. The molecule has 0 aliphatic rings. The Kier molecular flexibility index (Phi) is 11.3. The molecule has 3 aromatic carbocycles. The van der Waals surface area contributed by atoms with Gasteiger partial charge in [0, 0.05) is 19.5 Å². The minimum Gasteiger partial charge on any atom is -0.495 e. The number of amides is 2. The predicted molar refractivity (Wildman–Crippen MR) is 164 cm³/mol. The smallest absolute Gasteiger partial charge is 0.244 e. The van der Waals surface area contributed by atoms with Crippen molar-refractivity contribution < 1.29 is 22.7 Å². The van der Waals surface area contributed by atoms with Gasteiger partial charge in [-0.05, 0) is 49.1 Å². The van der Waals surface area contributed by atoms with Crippen molar-refractivity contribution >= 4 is 27.5 Å². The first-order chi connectivity index (χ1) is 19.5. The molecule has 0 heterocycles. The molecule has 0 aliphatic heterocycles. The van der Waals surface area contributed by atoms with Crippen molar-refractivity contribution in [2.24, 2.45) is 0 Å². The van der Waals surface area contributed by atoms with Gasteiger partial charge in [0.1, 0.15) is 18.3 Å². The van der Waals surface area contributed by atoms with Gasteiger partial charge in [0.05, 0.1) is 19.1 Å². The van der Waals surface area contributed by atoms with E-state index in [9.17, 15) is 18.0 Å². The van der Waals surface area contributed by atoms with E-state index in [4.69, 9.17) is 4.74 Å². The van der Waals surface area contributed by atoms with Crippen LogP contribution in [0.15, 0.2) is 72.8 Å². The van der Waals surface area contributed by atoms with E-state index in [1.165, 1.54) is 12.0 Å². The summed E-state index contributed by atoms with van der Waals surface area (Å²) in [6.45, 7) is 5.99. The zero-order valence-corrected chi connectivity index (χ0v) is 25.4. The second-order valence-electron chi connectivity index (χ2n) is 10.3. The molecule has 3 rings (SSSR count). The summed E-state index contributed by atoms with van der Waals surface area (Å²) in [5, 5.41) is 2.99. The molecule has 0 bridgehead atoms. The molecule has 0 aromatic heterocycles. The number of anilines is 1. The highest BCUT2D eigenvalue weighted by molar-refractivity contribution is 7.92. The fourth-order valence-corrected chi connectivity index (χ4v) is 5.50. The van der Waals surface area contributed by atoms with Gasteiger partial charge < -0.3 is 15.0 Å². The van der Waals surface area contributed by atoms with E-state index >= 15 is 0 Å². The lowest BCUT2D eigenvalue weighted by atomic mass is 10.0. The molecule has 0 radical (unpaired) electrons. The molecule has 9 heteroatoms. The Morgan fingerprint density at radius 2 is 1.61 bits per heavy atom. The molecule has 220 valence electrons. The van der Waals surface area contributed by atoms with Crippen LogP contribution in [0.4, 0.5) is 5.69 Å². The van der Waals surface area contributed by atoms with Gasteiger partial charge in [-0.2, -0.15) is 0 Å². The number of aryl methyl sites for hydroxylation is 2. The number of ether oxygens (including phenoxy) is 1. The van der Waals surface area contributed by atoms with Crippen LogP contribution in [0.3, 0.4) is 0 Å². The maximum absolute atomic E-state index is 14.2. The largest absolute Gasteiger partial charge is 0.495 e. The number of sulfonamides is 1. The summed E-state index contributed by atoms with van der Waals surface area (Å²) in [6, 6.07) is 21.6. The van der Waals surface area contributed by atoms with Crippen molar-refractivity contribution in [3.63, 3.8) is 0 Å². The molecule has 0 spiro atoms. The van der Waals surface area contributed by atoms with Crippen LogP contribution in [0.5, 0.6) is 5.75 Å². The van der Waals surface area contributed by atoms with E-state index in [1.807, 2.05) is 81.4 Å². The second kappa shape index (κ2) is 14.7. The SMILES string of the molecule is CCCCNC(=O)[C@@H](Cc1ccccc1)N(Cc1cccc(C)c1)C(=O)CN(c1cc(C)ccc1OC)S(C)(=O)=O. The maximum Gasteiger partial charge on any atom is 0.244 e. The first kappa shape index (κ1) is 31.7. The van der Waals surface area contributed by atoms with Gasteiger partial charge in [0.25, 0.3) is 0 Å². The molecule has 0 fully saturated rings. The van der Waals surface area contributed by atoms with Gasteiger partial charge in [-0.25, -0.2) is 8.42 Å². The molecule has 0 saturated heterocycles. The fourth-order valence-electron chi connectivity index (χ4n) is 4.66. The number of benzene rings is 3. The van der Waals surface area contributed by atoms with Crippen LogP contribution >= 0.6 is 0 Å². The van der Waals surface area contributed by atoms with Crippen molar-refractivity contribution in [3.05, 3.63) is 95.1 Å². The highest BCUT2D eigenvalue weighted by atomic mass is 32.2. The lowest BCUT2D eigenvalue weighted by Gasteiger charge is -2.34. The Labute approximate surface area is 244 Å². The molecule has 2 amide bonds. The maximum atomic E-state index is 14.2. The number of methoxy groups -OCH3 is 1. The summed E-state index contributed by atoms with van der Waals surface area (Å²) in [4.78, 5) is 29.4. The molecule has 0 unspecified atom stereocenters. The normalized spacial score (nSPS) is 11.9. The number of unbranched alkanes of at least 4 members (excludes halogenated alkanes) is 1. The van der Waals surface area contributed by atoms with Crippen molar-refractivity contribution in [1.29, 1.82) is 0 Å². The predicted octanol–water partition coefficient (Wildman–Crippen LogP) is 4.63. The number of rotatable bonds is 14. The molecule has 1 atom stereocenters. The van der Waals surface area contributed by atoms with Crippen LogP contribution in [-0.4, -0.2) is 57.6 Å². The summed E-state index contributed by atoms with van der Waals surface area (Å²) in [6.07, 6.45) is 3.07. The quantitative estimate of drug-likeness (QED) is 0.281. The number of hydrogen-bond acceptors (Lipinski definition) is 5. The first-order valence-electron chi connectivity index (χ1n) is 13.8. The van der Waals surface area contributed by atoms with Crippen molar-refractivity contribution in [3.8, 4) is 5.75 Å². The van der Waals surface area contributed by atoms with Crippen molar-refractivity contribution in [1.82, 2.24) is 10.2 Å². The van der Waals surface area contributed by atoms with Gasteiger partial charge >= 0.3 is 0 Å². The zero-order chi connectivity index (χ0) is 30.0. The van der Waals surface area contributed by atoms with Gasteiger partial charge in [-0.1, -0.05) is 79.6 Å². The Morgan fingerprint density at radius 1 is 0.927 bits per heavy atom. The minimum atomic E-state index is -3.89. The summed E-state index contributed by atoms with van der Waals surface area (Å²) in [5.74, 6) is -0.438. The fraction of sp³-hybridized carbons (Fsp3) is 0.375. The molecule has 1 N–H and O–H groups in total.